The summed E-state index contributed by atoms with van der Waals surface area (Å²) in [6.45, 7) is 5.90. The number of nitrogens with one attached hydrogen (secondary N) is 1. The number of pyridine rings is 7. The van der Waals surface area contributed by atoms with Gasteiger partial charge in [0.1, 0.15) is 63.8 Å². The minimum atomic E-state index is 0. The van der Waals surface area contributed by atoms with Gasteiger partial charge in [-0.25, -0.2) is 59.1 Å². The monoisotopic (exact) mass is 1930 g/mol. The van der Waals surface area contributed by atoms with Crippen molar-refractivity contribution in [2.24, 2.45) is 0 Å². The van der Waals surface area contributed by atoms with Crippen LogP contribution in [0.2, 0.25) is 0 Å². The number of hydrogen-bond donors (Lipinski definition) is 3. The van der Waals surface area contributed by atoms with E-state index in [2.05, 4.69) is 190 Å². The largest absolute Gasteiger partial charge is 1.00 e. The van der Waals surface area contributed by atoms with E-state index >= 15 is 0 Å². The Kier molecular flexibility index (Phi) is 29.9. The van der Waals surface area contributed by atoms with E-state index in [0.29, 0.717) is 17.3 Å². The molecule has 0 aliphatic heterocycles. The Labute approximate surface area is 769 Å². The SMILES string of the molecule is Brc1nccnc1Br.C.C.Cc1cc(-c2cccc(Br)n2)n[nH]1.Cc1cc2c3nc(Br)ccc3c3nccnc3n2n1.Cc1cc2c3nc(Oc4ccc5c6ccccc6n(-c6ccccn6)c5c4)ccc3c3nccnc3n2n1.Oc1ccc2c3ccccc3n(-c3ccccn3)c2c1.[2H]OOC=O.[CH2-]F.[Cs+].[Cs+]. The molecule has 108 heavy (non-hydrogen) atoms. The Bertz CT molecular complexity index is 6330. The summed E-state index contributed by atoms with van der Waals surface area (Å²) in [7, 11) is 1.75. The van der Waals surface area contributed by atoms with Crippen molar-refractivity contribution in [2.75, 3.05) is 0 Å². The number of benzene rings is 4. The number of fused-ring (bicyclic) bond motifs is 18. The number of H-pyrrole nitrogens is 1. The third-order valence-electron chi connectivity index (χ3n) is 15.8. The maximum atomic E-state index is 9.79. The van der Waals surface area contributed by atoms with Crippen LogP contribution in [0.25, 0.3) is 123 Å². The molecule has 0 saturated carbocycles. The number of halogens is 5. The first-order valence-corrected chi connectivity index (χ1v) is 34.4. The van der Waals surface area contributed by atoms with Gasteiger partial charge >= 0.3 is 144 Å². The van der Waals surface area contributed by atoms with E-state index in [9.17, 15) is 9.50 Å². The van der Waals surface area contributed by atoms with Gasteiger partial charge in [-0.15, -0.1) is 0 Å². The quantitative estimate of drug-likeness (QED) is 0.0334. The predicted molar refractivity (Wildman–Crippen MR) is 425 cm³/mol. The fourth-order valence-electron chi connectivity index (χ4n) is 11.7. The molecule has 24 nitrogen and oxygen atoms in total. The number of aromatic hydroxyl groups is 1. The normalized spacial score (nSPS) is 10.6. The van der Waals surface area contributed by atoms with Gasteiger partial charge in [-0.2, -0.15) is 22.5 Å². The molecule has 15 aromatic heterocycles. The Hall–Kier alpha value is -7.92. The smallest absolute Gasteiger partial charge is 0.508 e. The molecule has 0 aliphatic rings. The molecule has 0 atom stereocenters. The summed E-state index contributed by atoms with van der Waals surface area (Å²) in [5.74, 6) is 3.14. The maximum absolute atomic E-state index is 9.79. The first-order valence-electron chi connectivity index (χ1n) is 31.7. The average molecular weight is 1940 g/mol. The van der Waals surface area contributed by atoms with Crippen molar-refractivity contribution >= 4 is 169 Å². The minimum absolute atomic E-state index is 0. The summed E-state index contributed by atoms with van der Waals surface area (Å²) in [4.78, 5) is 60.7. The third kappa shape index (κ3) is 18.6. The number of carbonyl (C=O) groups excluding carboxylic acids is 1. The predicted octanol–water partition coefficient (Wildman–Crippen LogP) is 13.4. The van der Waals surface area contributed by atoms with Gasteiger partial charge in [-0.1, -0.05) is 69.5 Å². The van der Waals surface area contributed by atoms with Crippen LogP contribution >= 0.6 is 63.7 Å². The van der Waals surface area contributed by atoms with Crippen LogP contribution in [0.3, 0.4) is 0 Å². The van der Waals surface area contributed by atoms with Crippen molar-refractivity contribution < 1.29 is 167 Å². The van der Waals surface area contributed by atoms with Gasteiger partial charge in [-0.05, 0) is 194 Å². The first-order chi connectivity index (χ1) is 51.3. The van der Waals surface area contributed by atoms with Crippen molar-refractivity contribution in [3.05, 3.63) is 274 Å². The van der Waals surface area contributed by atoms with Crippen molar-refractivity contribution in [3.8, 4) is 40.4 Å². The van der Waals surface area contributed by atoms with Crippen molar-refractivity contribution in [1.29, 1.82) is 1.43 Å². The Morgan fingerprint density at radius 3 is 1.46 bits per heavy atom. The number of hydrogen-bond acceptors (Lipinski definition) is 19. The molecule has 19 aromatic rings. The summed E-state index contributed by atoms with van der Waals surface area (Å²) in [6.07, 6.45) is 13.5. The number of nitrogens with zero attached hydrogens (tertiary/aromatic N) is 18. The number of rotatable bonds is 7. The van der Waals surface area contributed by atoms with Gasteiger partial charge in [0.15, 0.2) is 11.3 Å². The van der Waals surface area contributed by atoms with E-state index in [1.807, 2.05) is 160 Å². The van der Waals surface area contributed by atoms with Crippen LogP contribution in [0.1, 0.15) is 31.9 Å². The molecular weight excluding hydrogens is 1880 g/mol. The molecule has 3 N–H and O–H groups in total. The third-order valence-corrected chi connectivity index (χ3v) is 18.3. The second-order valence-corrected chi connectivity index (χ2v) is 25.5. The van der Waals surface area contributed by atoms with Crippen LogP contribution in [-0.2, 0) is 9.68 Å². The van der Waals surface area contributed by atoms with E-state index in [1.54, 1.807) is 71.7 Å². The zero-order valence-electron chi connectivity index (χ0n) is 57.7. The molecule has 0 bridgehead atoms. The van der Waals surface area contributed by atoms with Crippen LogP contribution in [0.15, 0.2) is 250 Å². The van der Waals surface area contributed by atoms with E-state index in [0.717, 1.165) is 152 Å². The molecule has 0 radical (unpaired) electrons. The summed E-state index contributed by atoms with van der Waals surface area (Å²) in [5, 5.41) is 35.4. The first kappa shape index (κ1) is 82.6. The van der Waals surface area contributed by atoms with Crippen molar-refractivity contribution in [3.63, 3.8) is 0 Å². The molecule has 31 heteroatoms. The van der Waals surface area contributed by atoms with E-state index in [4.69, 9.17) is 15.9 Å². The summed E-state index contributed by atoms with van der Waals surface area (Å²) in [6, 6.07) is 59.4. The summed E-state index contributed by atoms with van der Waals surface area (Å²) >= 11 is 13.1. The van der Waals surface area contributed by atoms with Crippen molar-refractivity contribution in [2.45, 2.75) is 35.6 Å². The van der Waals surface area contributed by atoms with E-state index < -0.39 is 0 Å². The number of aromatic amines is 1. The molecule has 19 rings (SSSR count). The maximum Gasteiger partial charge on any atom is 1.00 e. The molecule has 0 fully saturated rings. The molecule has 530 valence electrons. The zero-order chi connectivity index (χ0) is 73.1. The molecule has 4 aromatic carbocycles. The second kappa shape index (κ2) is 39.1. The average Bonchev–Trinajstić information content (AvgIpc) is 1.75. The van der Waals surface area contributed by atoms with Crippen LogP contribution < -0.4 is 143 Å². The second-order valence-electron chi connectivity index (χ2n) is 22.4. The number of para-hydroxylation sites is 2. The standard InChI is InChI=1S/C30H19N7O.C17H12N2O.C13H8BrN5.C9H8BrN3.C4H2Br2N2.CH2F.CH2O3.2CH4.2Cs/c1-18-16-25-28-22(29-30(37(25)35-18)33-15-14-32-29)11-12-27(34-28)38-19-9-10-21-20-6-2-3-7-23(20)36(24(21)17-19)26-8-4-5-13-31-26;20-12-8-9-14-13-5-1-2-6-15(13)19(16(14)11-12)17-7-3-4-10-18-17;1-7-6-9-11-8(2-3-10(14)17-11)12-13(19(9)18-7)16-5-4-15-12;1-6-5-8(13-12-6)7-3-2-4-9(10)11-7;5-3-4(6)8-2-1-7-3;1-2;2-1-4-3;;;;/h2-17H,1H3;1-11,20H;2-6H,1H3;2-5H,1H3,(H,12,13);1-2H;1H2;1,3H;2*1H4;;/q;;;;;-1;;;;2*+1/i/hD. The molecule has 15 heterocycles. The number of phenols is 1. The summed E-state index contributed by atoms with van der Waals surface area (Å²) < 4.78 is 32.2. The molecule has 0 unspecified atom stereocenters. The Morgan fingerprint density at radius 1 is 0.463 bits per heavy atom. The Balaban J connectivity index is 0.000000165. The number of carbonyl (C=O) groups is 1. The van der Waals surface area contributed by atoms with E-state index in [-0.39, 0.29) is 165 Å². The van der Waals surface area contributed by atoms with Gasteiger partial charge < -0.3 is 19.1 Å². The Morgan fingerprint density at radius 2 is 0.954 bits per heavy atom. The molecule has 0 amide bonds. The fraction of sp³-hybridized carbons (Fsp3) is 0.0649. The molecule has 0 spiro atoms. The van der Waals surface area contributed by atoms with Gasteiger partial charge in [-0.3, -0.25) is 29.0 Å². The molecule has 0 aliphatic carbocycles. The van der Waals surface area contributed by atoms with Gasteiger partial charge in [0.2, 0.25) is 5.88 Å². The van der Waals surface area contributed by atoms with Gasteiger partial charge in [0.25, 0.3) is 1.43 Å². The molecule has 0 saturated heterocycles. The zero-order valence-corrected chi connectivity index (χ0v) is 75.6. The number of aromatic nitrogens is 19. The van der Waals surface area contributed by atoms with Gasteiger partial charge in [0.05, 0.1) is 55.7 Å². The van der Waals surface area contributed by atoms with Crippen LogP contribution in [0.4, 0.5) is 4.39 Å². The minimum Gasteiger partial charge on any atom is -0.508 e. The number of phenolic OH excluding ortho intramolecular Hbond substituents is 1. The molecular formula is C77H61Br4Cs2FN19O5+. The van der Waals surface area contributed by atoms with Crippen LogP contribution in [-0.4, -0.2) is 110 Å². The van der Waals surface area contributed by atoms with Crippen LogP contribution in [0.5, 0.6) is 17.4 Å². The topological polar surface area (TPSA) is 291 Å². The fourth-order valence-corrected chi connectivity index (χ4v) is 12.8. The van der Waals surface area contributed by atoms with E-state index in [1.165, 1.54) is 0 Å². The number of aryl methyl sites for hydroxylation is 3. The number of ether oxygens (including phenoxy) is 1. The van der Waals surface area contributed by atoms with Crippen LogP contribution in [0, 0.1) is 27.9 Å². The summed E-state index contributed by atoms with van der Waals surface area (Å²) in [5.41, 5.74) is 15.2. The van der Waals surface area contributed by atoms with Crippen molar-refractivity contribution in [1.82, 2.24) is 93.4 Å². The van der Waals surface area contributed by atoms with Gasteiger partial charge in [0, 0.05) is 106 Å².